The molecule has 0 aromatic carbocycles. The van der Waals surface area contributed by atoms with Crippen LogP contribution >= 0.6 is 15.9 Å². The van der Waals surface area contributed by atoms with Crippen molar-refractivity contribution in [1.29, 1.82) is 0 Å². The van der Waals surface area contributed by atoms with Gasteiger partial charge in [-0.05, 0) is 22.0 Å². The summed E-state index contributed by atoms with van der Waals surface area (Å²) in [6.07, 6.45) is 0. The number of pyridine rings is 1. The third-order valence-electron chi connectivity index (χ3n) is 1.47. The van der Waals surface area contributed by atoms with E-state index in [0.29, 0.717) is 0 Å². The number of carbonyl (C=O) groups is 1. The maximum Gasteiger partial charge on any atom is 0.338 e. The van der Waals surface area contributed by atoms with Crippen LogP contribution in [0.25, 0.3) is 0 Å². The minimum atomic E-state index is -1.06. The Kier molecular flexibility index (Phi) is 2.32. The number of halogens is 1. The van der Waals surface area contributed by atoms with E-state index in [0.717, 1.165) is 0 Å². The molecule has 1 aromatic heterocycles. The van der Waals surface area contributed by atoms with Crippen LogP contribution in [0.1, 0.15) is 10.4 Å². The molecule has 0 bridgehead atoms. The fourth-order valence-corrected chi connectivity index (χ4v) is 1.25. The first kappa shape index (κ1) is 8.99. The van der Waals surface area contributed by atoms with Crippen molar-refractivity contribution in [3.63, 3.8) is 0 Å². The first-order valence-electron chi connectivity index (χ1n) is 3.13. The summed E-state index contributed by atoms with van der Waals surface area (Å²) in [4.78, 5) is 21.5. The second-order valence-electron chi connectivity index (χ2n) is 2.24. The van der Waals surface area contributed by atoms with Crippen LogP contribution < -0.4 is 5.56 Å². The lowest BCUT2D eigenvalue weighted by molar-refractivity contribution is 0.0694. The quantitative estimate of drug-likeness (QED) is 0.730. The third-order valence-corrected chi connectivity index (χ3v) is 2.43. The topological polar surface area (TPSA) is 59.3 Å². The van der Waals surface area contributed by atoms with Gasteiger partial charge in [-0.3, -0.25) is 4.79 Å². The molecule has 0 radical (unpaired) electrons. The Morgan fingerprint density at radius 3 is 2.67 bits per heavy atom. The molecule has 5 heteroatoms. The molecule has 0 amide bonds. The van der Waals surface area contributed by atoms with Gasteiger partial charge in [0.15, 0.2) is 0 Å². The summed E-state index contributed by atoms with van der Waals surface area (Å²) in [6, 6.07) is 2.49. The van der Waals surface area contributed by atoms with Crippen molar-refractivity contribution in [2.75, 3.05) is 0 Å². The zero-order chi connectivity index (χ0) is 9.30. The highest BCUT2D eigenvalue weighted by Gasteiger charge is 2.10. The minimum absolute atomic E-state index is 0.0806. The molecule has 0 fully saturated rings. The van der Waals surface area contributed by atoms with Gasteiger partial charge in [-0.15, -0.1) is 0 Å². The van der Waals surface area contributed by atoms with Crippen LogP contribution in [0.2, 0.25) is 0 Å². The van der Waals surface area contributed by atoms with Crippen molar-refractivity contribution in [2.45, 2.75) is 0 Å². The summed E-state index contributed by atoms with van der Waals surface area (Å²) in [5, 5.41) is 8.64. The summed E-state index contributed by atoms with van der Waals surface area (Å²) in [5.74, 6) is -1.06. The molecule has 0 aliphatic rings. The average Bonchev–Trinajstić information content (AvgIpc) is 2.00. The largest absolute Gasteiger partial charge is 0.478 e. The zero-order valence-electron chi connectivity index (χ0n) is 6.24. The van der Waals surface area contributed by atoms with Gasteiger partial charge in [-0.1, -0.05) is 0 Å². The Morgan fingerprint density at radius 2 is 2.17 bits per heavy atom. The van der Waals surface area contributed by atoms with E-state index in [9.17, 15) is 9.59 Å². The van der Waals surface area contributed by atoms with Gasteiger partial charge in [0.2, 0.25) is 0 Å². The maximum absolute atomic E-state index is 11.0. The van der Waals surface area contributed by atoms with Gasteiger partial charge >= 0.3 is 5.97 Å². The predicted molar refractivity (Wildman–Crippen MR) is 46.3 cm³/mol. The minimum Gasteiger partial charge on any atom is -0.478 e. The van der Waals surface area contributed by atoms with E-state index in [4.69, 9.17) is 5.11 Å². The standard InChI is InChI=1S/C7H6BrNO3/c1-9-5(10)3-2-4(6(9)8)7(11)12/h2-3H,1H3,(H,11,12). The molecule has 1 heterocycles. The number of rotatable bonds is 1. The lowest BCUT2D eigenvalue weighted by atomic mass is 10.3. The molecule has 0 aliphatic carbocycles. The van der Waals surface area contributed by atoms with Gasteiger partial charge in [-0.2, -0.15) is 0 Å². The van der Waals surface area contributed by atoms with Gasteiger partial charge < -0.3 is 9.67 Å². The fourth-order valence-electron chi connectivity index (χ4n) is 0.772. The summed E-state index contributed by atoms with van der Waals surface area (Å²) >= 11 is 3.01. The molecule has 0 saturated carbocycles. The van der Waals surface area contributed by atoms with E-state index >= 15 is 0 Å². The van der Waals surface area contributed by atoms with Crippen molar-refractivity contribution in [1.82, 2.24) is 4.57 Å². The Balaban J connectivity index is 3.47. The van der Waals surface area contributed by atoms with Crippen LogP contribution in [0.4, 0.5) is 0 Å². The van der Waals surface area contributed by atoms with Crippen LogP contribution in [0.15, 0.2) is 21.5 Å². The monoisotopic (exact) mass is 231 g/mol. The van der Waals surface area contributed by atoms with E-state index in [1.807, 2.05) is 0 Å². The van der Waals surface area contributed by atoms with Crippen LogP contribution in [0, 0.1) is 0 Å². The van der Waals surface area contributed by atoms with Crippen LogP contribution in [0.3, 0.4) is 0 Å². The van der Waals surface area contributed by atoms with E-state index in [1.165, 1.54) is 23.7 Å². The van der Waals surface area contributed by atoms with Crippen LogP contribution in [-0.4, -0.2) is 15.6 Å². The highest BCUT2D eigenvalue weighted by molar-refractivity contribution is 9.10. The van der Waals surface area contributed by atoms with Crippen molar-refractivity contribution in [3.8, 4) is 0 Å². The molecule has 12 heavy (non-hydrogen) atoms. The third kappa shape index (κ3) is 1.40. The normalized spacial score (nSPS) is 9.83. The number of nitrogens with zero attached hydrogens (tertiary/aromatic N) is 1. The molecular weight excluding hydrogens is 226 g/mol. The van der Waals surface area contributed by atoms with Gasteiger partial charge in [0.1, 0.15) is 4.60 Å². The Morgan fingerprint density at radius 1 is 1.58 bits per heavy atom. The van der Waals surface area contributed by atoms with Gasteiger partial charge in [0.25, 0.3) is 5.56 Å². The molecule has 0 unspecified atom stereocenters. The molecule has 1 rings (SSSR count). The van der Waals surface area contributed by atoms with Crippen molar-refractivity contribution in [2.24, 2.45) is 7.05 Å². The molecule has 1 N–H and O–H groups in total. The Bertz CT molecular complexity index is 383. The maximum atomic E-state index is 11.0. The van der Waals surface area contributed by atoms with Crippen molar-refractivity contribution in [3.05, 3.63) is 32.7 Å². The SMILES string of the molecule is Cn1c(Br)c(C(=O)O)ccc1=O. The molecule has 4 nitrogen and oxygen atoms in total. The van der Waals surface area contributed by atoms with E-state index in [2.05, 4.69) is 15.9 Å². The first-order chi connectivity index (χ1) is 5.54. The molecular formula is C7H6BrNO3. The lowest BCUT2D eigenvalue weighted by Gasteiger charge is -2.03. The van der Waals surface area contributed by atoms with Crippen molar-refractivity contribution >= 4 is 21.9 Å². The second kappa shape index (κ2) is 3.10. The number of carboxylic acid groups (broad SMARTS) is 1. The van der Waals surface area contributed by atoms with Gasteiger partial charge in [-0.25, -0.2) is 4.79 Å². The smallest absolute Gasteiger partial charge is 0.338 e. The molecule has 0 saturated heterocycles. The van der Waals surface area contributed by atoms with Gasteiger partial charge in [0, 0.05) is 13.1 Å². The van der Waals surface area contributed by atoms with Crippen LogP contribution in [0.5, 0.6) is 0 Å². The highest BCUT2D eigenvalue weighted by Crippen LogP contribution is 2.12. The Labute approximate surface area is 76.6 Å². The molecule has 1 aromatic rings. The lowest BCUT2D eigenvalue weighted by Crippen LogP contribution is -2.18. The molecule has 64 valence electrons. The predicted octanol–water partition coefficient (Wildman–Crippen LogP) is 0.846. The fraction of sp³-hybridized carbons (Fsp3) is 0.143. The van der Waals surface area contributed by atoms with Crippen molar-refractivity contribution < 1.29 is 9.90 Å². The zero-order valence-corrected chi connectivity index (χ0v) is 7.83. The number of aromatic carboxylic acids is 1. The summed E-state index contributed by atoms with van der Waals surface area (Å²) in [5.41, 5.74) is -0.163. The van der Waals surface area contributed by atoms with E-state index in [-0.39, 0.29) is 15.7 Å². The highest BCUT2D eigenvalue weighted by atomic mass is 79.9. The van der Waals surface area contributed by atoms with E-state index in [1.54, 1.807) is 0 Å². The van der Waals surface area contributed by atoms with Gasteiger partial charge in [0.05, 0.1) is 5.56 Å². The number of hydrogen-bond acceptors (Lipinski definition) is 2. The molecule has 0 aliphatic heterocycles. The van der Waals surface area contributed by atoms with E-state index < -0.39 is 5.97 Å². The number of aromatic nitrogens is 1. The summed E-state index contributed by atoms with van der Waals surface area (Å²) in [7, 11) is 1.50. The second-order valence-corrected chi connectivity index (χ2v) is 2.99. The number of carboxylic acids is 1. The first-order valence-corrected chi connectivity index (χ1v) is 3.92. The molecule has 0 spiro atoms. The average molecular weight is 232 g/mol. The van der Waals surface area contributed by atoms with Crippen LogP contribution in [-0.2, 0) is 7.05 Å². The molecule has 0 atom stereocenters. The summed E-state index contributed by atoms with van der Waals surface area (Å²) in [6.45, 7) is 0. The summed E-state index contributed by atoms with van der Waals surface area (Å²) < 4.78 is 1.51. The number of hydrogen-bond donors (Lipinski definition) is 1. The Hall–Kier alpha value is -1.10.